The average molecular weight is 379 g/mol. The SMILES string of the molecule is CC(O)CN=CC(=CN)Nc1ncc(Cl)c(NCc2cccc(F)c2)n1. The smallest absolute Gasteiger partial charge is 0.229 e. The first-order valence-corrected chi connectivity index (χ1v) is 8.23. The van der Waals surface area contributed by atoms with Gasteiger partial charge in [-0.2, -0.15) is 4.98 Å². The highest BCUT2D eigenvalue weighted by atomic mass is 35.5. The van der Waals surface area contributed by atoms with Gasteiger partial charge in [-0.15, -0.1) is 0 Å². The third-order valence-corrected chi connectivity index (χ3v) is 3.41. The minimum absolute atomic E-state index is 0.251. The number of aliphatic hydroxyl groups excluding tert-OH is 1. The predicted octanol–water partition coefficient (Wildman–Crippen LogP) is 2.54. The number of anilines is 2. The van der Waals surface area contributed by atoms with Gasteiger partial charge < -0.3 is 21.5 Å². The quantitative estimate of drug-likeness (QED) is 0.526. The molecule has 138 valence electrons. The molecule has 1 aromatic heterocycles. The molecule has 9 heteroatoms. The van der Waals surface area contributed by atoms with Crippen LogP contribution in [0.4, 0.5) is 16.2 Å². The highest BCUT2D eigenvalue weighted by molar-refractivity contribution is 6.32. The Balaban J connectivity index is 2.05. The fourth-order valence-electron chi connectivity index (χ4n) is 1.93. The Morgan fingerprint density at radius 2 is 2.31 bits per heavy atom. The fourth-order valence-corrected chi connectivity index (χ4v) is 2.09. The topological polar surface area (TPSA) is 108 Å². The van der Waals surface area contributed by atoms with Crippen LogP contribution in [0.15, 0.2) is 47.4 Å². The molecule has 1 heterocycles. The highest BCUT2D eigenvalue weighted by Crippen LogP contribution is 2.20. The van der Waals surface area contributed by atoms with Gasteiger partial charge in [0, 0.05) is 19.0 Å². The summed E-state index contributed by atoms with van der Waals surface area (Å²) in [5, 5.41) is 15.5. The van der Waals surface area contributed by atoms with E-state index in [2.05, 4.69) is 25.6 Å². The second kappa shape index (κ2) is 9.69. The Labute approximate surface area is 155 Å². The van der Waals surface area contributed by atoms with Crippen molar-refractivity contribution < 1.29 is 9.50 Å². The van der Waals surface area contributed by atoms with Crippen LogP contribution in [0.3, 0.4) is 0 Å². The number of aromatic nitrogens is 2. The summed E-state index contributed by atoms with van der Waals surface area (Å²) in [5.41, 5.74) is 6.76. The largest absolute Gasteiger partial charge is 0.403 e. The molecular formula is C17H20ClFN6O. The van der Waals surface area contributed by atoms with Crippen molar-refractivity contribution in [1.82, 2.24) is 9.97 Å². The van der Waals surface area contributed by atoms with E-state index in [0.717, 1.165) is 5.56 Å². The molecule has 1 atom stereocenters. The third-order valence-electron chi connectivity index (χ3n) is 3.13. The van der Waals surface area contributed by atoms with Crippen LogP contribution in [-0.2, 0) is 6.54 Å². The standard InChI is InChI=1S/C17H20ClFN6O/c1-11(26)7-21-9-14(6-20)24-17-23-10-15(18)16(25-17)22-8-12-3-2-4-13(19)5-12/h2-6,9-11,26H,7-8,20H2,1H3,(H2,22,23,24,25). The van der Waals surface area contributed by atoms with Gasteiger partial charge in [-0.25, -0.2) is 9.37 Å². The molecule has 0 bridgehead atoms. The van der Waals surface area contributed by atoms with Gasteiger partial charge in [0.15, 0.2) is 5.82 Å². The van der Waals surface area contributed by atoms with Gasteiger partial charge in [0.05, 0.1) is 24.5 Å². The molecule has 0 saturated heterocycles. The second-order valence-corrected chi connectivity index (χ2v) is 5.87. The lowest BCUT2D eigenvalue weighted by atomic mass is 10.2. The normalized spacial score (nSPS) is 13.0. The van der Waals surface area contributed by atoms with Crippen LogP contribution < -0.4 is 16.4 Å². The molecule has 26 heavy (non-hydrogen) atoms. The molecule has 0 radical (unpaired) electrons. The van der Waals surface area contributed by atoms with Crippen molar-refractivity contribution in [3.05, 3.63) is 58.8 Å². The molecule has 0 fully saturated rings. The molecule has 5 N–H and O–H groups in total. The molecule has 2 aromatic rings. The van der Waals surface area contributed by atoms with Gasteiger partial charge in [0.1, 0.15) is 10.8 Å². The predicted molar refractivity (Wildman–Crippen MR) is 102 cm³/mol. The van der Waals surface area contributed by atoms with E-state index < -0.39 is 6.10 Å². The number of nitrogens with two attached hydrogens (primary N) is 1. The maximum atomic E-state index is 13.2. The molecule has 0 amide bonds. The first kappa shape index (κ1) is 19.6. The first-order valence-electron chi connectivity index (χ1n) is 7.85. The lowest BCUT2D eigenvalue weighted by molar-refractivity contribution is 0.204. The maximum absolute atomic E-state index is 13.2. The van der Waals surface area contributed by atoms with E-state index in [1.165, 1.54) is 30.7 Å². The summed E-state index contributed by atoms with van der Waals surface area (Å²) in [6, 6.07) is 6.22. The summed E-state index contributed by atoms with van der Waals surface area (Å²) in [5.74, 6) is 0.344. The number of allylic oxidation sites excluding steroid dienone is 1. The van der Waals surface area contributed by atoms with Crippen molar-refractivity contribution in [3.63, 3.8) is 0 Å². The number of aliphatic hydroxyl groups is 1. The van der Waals surface area contributed by atoms with E-state index in [1.54, 1.807) is 19.1 Å². The van der Waals surface area contributed by atoms with E-state index in [9.17, 15) is 9.50 Å². The van der Waals surface area contributed by atoms with Crippen molar-refractivity contribution in [2.45, 2.75) is 19.6 Å². The molecule has 0 spiro atoms. The van der Waals surface area contributed by atoms with Crippen LogP contribution in [0.1, 0.15) is 12.5 Å². The van der Waals surface area contributed by atoms with Crippen molar-refractivity contribution >= 4 is 29.6 Å². The van der Waals surface area contributed by atoms with E-state index in [-0.39, 0.29) is 18.3 Å². The zero-order chi connectivity index (χ0) is 18.9. The molecule has 2 rings (SSSR count). The molecule has 0 aliphatic rings. The summed E-state index contributed by atoms with van der Waals surface area (Å²) in [4.78, 5) is 12.4. The minimum atomic E-state index is -0.546. The van der Waals surface area contributed by atoms with Crippen LogP contribution in [0.5, 0.6) is 0 Å². The lowest BCUT2D eigenvalue weighted by Crippen LogP contribution is -2.10. The van der Waals surface area contributed by atoms with Gasteiger partial charge >= 0.3 is 0 Å². The molecular weight excluding hydrogens is 359 g/mol. The summed E-state index contributed by atoms with van der Waals surface area (Å²) < 4.78 is 13.2. The fraction of sp³-hybridized carbons (Fsp3) is 0.235. The van der Waals surface area contributed by atoms with Crippen LogP contribution in [0.25, 0.3) is 0 Å². The molecule has 0 aliphatic heterocycles. The molecule has 0 aliphatic carbocycles. The van der Waals surface area contributed by atoms with Gasteiger partial charge in [-0.05, 0) is 24.6 Å². The van der Waals surface area contributed by atoms with Gasteiger partial charge in [0.2, 0.25) is 5.95 Å². The van der Waals surface area contributed by atoms with Crippen molar-refractivity contribution in [2.24, 2.45) is 10.7 Å². The number of nitrogens with zero attached hydrogens (tertiary/aromatic N) is 3. The van der Waals surface area contributed by atoms with Crippen LogP contribution in [-0.4, -0.2) is 33.9 Å². The van der Waals surface area contributed by atoms with E-state index >= 15 is 0 Å². The summed E-state index contributed by atoms with van der Waals surface area (Å²) >= 11 is 6.10. The monoisotopic (exact) mass is 378 g/mol. The Hall–Kier alpha value is -2.71. The zero-order valence-electron chi connectivity index (χ0n) is 14.2. The second-order valence-electron chi connectivity index (χ2n) is 5.46. The number of rotatable bonds is 8. The zero-order valence-corrected chi connectivity index (χ0v) is 14.9. The number of nitrogens with one attached hydrogen (secondary N) is 2. The molecule has 1 unspecified atom stereocenters. The lowest BCUT2D eigenvalue weighted by Gasteiger charge is -2.10. The van der Waals surface area contributed by atoms with Crippen molar-refractivity contribution in [3.8, 4) is 0 Å². The highest BCUT2D eigenvalue weighted by Gasteiger charge is 2.07. The van der Waals surface area contributed by atoms with Gasteiger partial charge in [-0.1, -0.05) is 23.7 Å². The van der Waals surface area contributed by atoms with E-state index in [1.807, 2.05) is 0 Å². The number of hydrogen-bond donors (Lipinski definition) is 4. The Morgan fingerprint density at radius 1 is 1.50 bits per heavy atom. The molecule has 1 aromatic carbocycles. The van der Waals surface area contributed by atoms with E-state index in [4.69, 9.17) is 17.3 Å². The van der Waals surface area contributed by atoms with Crippen LogP contribution in [0, 0.1) is 5.82 Å². The molecule has 0 saturated carbocycles. The van der Waals surface area contributed by atoms with Crippen molar-refractivity contribution in [1.29, 1.82) is 0 Å². The Kier molecular flexibility index (Phi) is 7.31. The summed E-state index contributed by atoms with van der Waals surface area (Å²) in [6.07, 6.45) is 3.68. The Morgan fingerprint density at radius 3 is 3.00 bits per heavy atom. The molecule has 7 nitrogen and oxygen atoms in total. The average Bonchev–Trinajstić information content (AvgIpc) is 2.61. The van der Waals surface area contributed by atoms with Gasteiger partial charge in [-0.3, -0.25) is 4.99 Å². The number of benzene rings is 1. The van der Waals surface area contributed by atoms with Crippen LogP contribution >= 0.6 is 11.6 Å². The number of aliphatic imine (C=N–C) groups is 1. The minimum Gasteiger partial charge on any atom is -0.403 e. The number of hydrogen-bond acceptors (Lipinski definition) is 7. The van der Waals surface area contributed by atoms with Gasteiger partial charge in [0.25, 0.3) is 0 Å². The van der Waals surface area contributed by atoms with E-state index in [0.29, 0.717) is 23.1 Å². The van der Waals surface area contributed by atoms with Crippen molar-refractivity contribution in [2.75, 3.05) is 17.2 Å². The first-order chi connectivity index (χ1) is 12.5. The van der Waals surface area contributed by atoms with Crippen LogP contribution in [0.2, 0.25) is 5.02 Å². The summed E-state index contributed by atoms with van der Waals surface area (Å²) in [6.45, 7) is 2.24. The Bertz CT molecular complexity index is 797. The summed E-state index contributed by atoms with van der Waals surface area (Å²) in [7, 11) is 0. The maximum Gasteiger partial charge on any atom is 0.229 e. The number of halogens is 2. The third kappa shape index (κ3) is 6.30.